The molecule has 1 aromatic rings. The van der Waals surface area contributed by atoms with E-state index in [2.05, 4.69) is 0 Å². The van der Waals surface area contributed by atoms with Gasteiger partial charge in [0.2, 0.25) is 5.91 Å². The Hall–Kier alpha value is -1.75. The molecule has 2 aliphatic heterocycles. The molecule has 0 N–H and O–H groups in total. The fourth-order valence-electron chi connectivity index (χ4n) is 3.10. The predicted molar refractivity (Wildman–Crippen MR) is 82.8 cm³/mol. The molecule has 0 spiro atoms. The number of hydrogen-bond acceptors (Lipinski definition) is 3. The smallest absolute Gasteiger partial charge is 0.410 e. The minimum Gasteiger partial charge on any atom is -0.448 e. The molecular weight excluding hydrogens is 304 g/mol. The molecule has 118 valence electrons. The van der Waals surface area contributed by atoms with E-state index in [1.54, 1.807) is 11.0 Å². The van der Waals surface area contributed by atoms with Crippen molar-refractivity contribution in [3.8, 4) is 0 Å². The highest BCUT2D eigenvalue weighted by Gasteiger charge is 2.33. The molecule has 2 heterocycles. The maximum absolute atomic E-state index is 12.3. The van der Waals surface area contributed by atoms with Crippen LogP contribution in [0.3, 0.4) is 0 Å². The summed E-state index contributed by atoms with van der Waals surface area (Å²) in [5.74, 6) is 0.115. The number of halogens is 1. The van der Waals surface area contributed by atoms with Crippen LogP contribution < -0.4 is 0 Å². The van der Waals surface area contributed by atoms with Crippen LogP contribution in [-0.2, 0) is 16.0 Å². The molecule has 3 rings (SSSR count). The number of nitrogens with zero attached hydrogens (tertiary/aromatic N) is 2. The van der Waals surface area contributed by atoms with Gasteiger partial charge in [-0.3, -0.25) is 4.79 Å². The van der Waals surface area contributed by atoms with Gasteiger partial charge in [0, 0.05) is 24.2 Å². The number of amides is 2. The van der Waals surface area contributed by atoms with Crippen molar-refractivity contribution in [1.82, 2.24) is 9.80 Å². The average Bonchev–Trinajstić information content (AvgIpc) is 2.93. The number of likely N-dealkylation sites (tertiary alicyclic amines) is 1. The van der Waals surface area contributed by atoms with Crippen molar-refractivity contribution in [1.29, 1.82) is 0 Å². The Balaban J connectivity index is 1.52. The van der Waals surface area contributed by atoms with Crippen molar-refractivity contribution in [2.24, 2.45) is 0 Å². The summed E-state index contributed by atoms with van der Waals surface area (Å²) < 4.78 is 4.98. The highest BCUT2D eigenvalue weighted by molar-refractivity contribution is 6.30. The Morgan fingerprint density at radius 1 is 1.27 bits per heavy atom. The summed E-state index contributed by atoms with van der Waals surface area (Å²) in [6, 6.07) is 7.60. The van der Waals surface area contributed by atoms with E-state index in [1.807, 2.05) is 23.1 Å². The van der Waals surface area contributed by atoms with Crippen molar-refractivity contribution >= 4 is 23.6 Å². The SMILES string of the molecule is O=C(Cc1cccc(Cl)c1)N1CCC(N2CCOC2=O)CC1. The van der Waals surface area contributed by atoms with E-state index in [9.17, 15) is 9.59 Å². The number of ether oxygens (including phenoxy) is 1. The first-order valence-corrected chi connectivity index (χ1v) is 7.97. The van der Waals surface area contributed by atoms with Gasteiger partial charge in [0.1, 0.15) is 6.61 Å². The quantitative estimate of drug-likeness (QED) is 0.858. The predicted octanol–water partition coefficient (Wildman–Crippen LogP) is 2.33. The molecule has 6 heteroatoms. The van der Waals surface area contributed by atoms with Gasteiger partial charge in [0.15, 0.2) is 0 Å². The summed E-state index contributed by atoms with van der Waals surface area (Å²) in [6.45, 7) is 2.52. The Bertz CT molecular complexity index is 570. The largest absolute Gasteiger partial charge is 0.448 e. The van der Waals surface area contributed by atoms with Crippen LogP contribution in [0.1, 0.15) is 18.4 Å². The monoisotopic (exact) mass is 322 g/mol. The Morgan fingerprint density at radius 3 is 2.68 bits per heavy atom. The van der Waals surface area contributed by atoms with Crippen molar-refractivity contribution in [3.63, 3.8) is 0 Å². The molecule has 2 fully saturated rings. The number of carbonyl (C=O) groups excluding carboxylic acids is 2. The van der Waals surface area contributed by atoms with Crippen LogP contribution >= 0.6 is 11.6 Å². The summed E-state index contributed by atoms with van der Waals surface area (Å²) in [5.41, 5.74) is 0.933. The molecule has 0 aromatic heterocycles. The first-order chi connectivity index (χ1) is 10.6. The van der Waals surface area contributed by atoms with Gasteiger partial charge in [-0.25, -0.2) is 4.79 Å². The fourth-order valence-corrected chi connectivity index (χ4v) is 3.31. The maximum Gasteiger partial charge on any atom is 0.410 e. The lowest BCUT2D eigenvalue weighted by Crippen LogP contribution is -2.47. The van der Waals surface area contributed by atoms with Crippen LogP contribution in [0.15, 0.2) is 24.3 Å². The normalized spacial score (nSPS) is 19.4. The molecule has 5 nitrogen and oxygen atoms in total. The zero-order valence-corrected chi connectivity index (χ0v) is 13.1. The molecule has 0 radical (unpaired) electrons. The van der Waals surface area contributed by atoms with E-state index < -0.39 is 0 Å². The van der Waals surface area contributed by atoms with Gasteiger partial charge in [-0.2, -0.15) is 0 Å². The van der Waals surface area contributed by atoms with Crippen LogP contribution in [0.5, 0.6) is 0 Å². The van der Waals surface area contributed by atoms with Gasteiger partial charge in [0.25, 0.3) is 0 Å². The zero-order chi connectivity index (χ0) is 15.5. The molecule has 22 heavy (non-hydrogen) atoms. The lowest BCUT2D eigenvalue weighted by molar-refractivity contribution is -0.131. The van der Waals surface area contributed by atoms with Crippen LogP contribution in [0.25, 0.3) is 0 Å². The molecule has 0 unspecified atom stereocenters. The Kier molecular flexibility index (Phi) is 4.52. The Labute approximate surface area is 134 Å². The summed E-state index contributed by atoms with van der Waals surface area (Å²) >= 11 is 5.95. The number of benzene rings is 1. The van der Waals surface area contributed by atoms with E-state index in [-0.39, 0.29) is 18.0 Å². The van der Waals surface area contributed by atoms with Crippen LogP contribution in [-0.4, -0.2) is 54.1 Å². The fraction of sp³-hybridized carbons (Fsp3) is 0.500. The Morgan fingerprint density at radius 2 is 2.05 bits per heavy atom. The molecule has 2 saturated heterocycles. The van der Waals surface area contributed by atoms with Crippen LogP contribution in [0.2, 0.25) is 5.02 Å². The van der Waals surface area contributed by atoms with Gasteiger partial charge in [-0.1, -0.05) is 23.7 Å². The lowest BCUT2D eigenvalue weighted by Gasteiger charge is -2.35. The van der Waals surface area contributed by atoms with Gasteiger partial charge < -0.3 is 14.5 Å². The summed E-state index contributed by atoms with van der Waals surface area (Å²) in [7, 11) is 0. The highest BCUT2D eigenvalue weighted by Crippen LogP contribution is 2.21. The first-order valence-electron chi connectivity index (χ1n) is 7.59. The minimum atomic E-state index is -0.219. The third kappa shape index (κ3) is 3.35. The number of carbonyl (C=O) groups is 2. The van der Waals surface area contributed by atoms with E-state index in [0.717, 1.165) is 18.4 Å². The molecular formula is C16H19ClN2O3. The van der Waals surface area contributed by atoms with Gasteiger partial charge in [0.05, 0.1) is 13.0 Å². The molecule has 0 atom stereocenters. The second-order valence-corrected chi connectivity index (χ2v) is 6.16. The molecule has 0 bridgehead atoms. The summed E-state index contributed by atoms with van der Waals surface area (Å²) in [6.07, 6.45) is 1.78. The van der Waals surface area contributed by atoms with Crippen molar-refractivity contribution in [2.45, 2.75) is 25.3 Å². The van der Waals surface area contributed by atoms with Crippen LogP contribution in [0, 0.1) is 0 Å². The minimum absolute atomic E-state index is 0.115. The standard InChI is InChI=1S/C16H19ClN2O3/c17-13-3-1-2-12(10-13)11-15(20)18-6-4-14(5-7-18)19-8-9-22-16(19)21/h1-3,10,14H,4-9,11H2. The lowest BCUT2D eigenvalue weighted by atomic mass is 10.0. The van der Waals surface area contributed by atoms with E-state index in [1.165, 1.54) is 0 Å². The number of rotatable bonds is 3. The highest BCUT2D eigenvalue weighted by atomic mass is 35.5. The number of piperidine rings is 1. The van der Waals surface area contributed by atoms with Gasteiger partial charge >= 0.3 is 6.09 Å². The summed E-state index contributed by atoms with van der Waals surface area (Å²) in [4.78, 5) is 27.6. The molecule has 2 amide bonds. The third-order valence-corrected chi connectivity index (χ3v) is 4.53. The molecule has 1 aromatic carbocycles. The second kappa shape index (κ2) is 6.57. The van der Waals surface area contributed by atoms with E-state index in [0.29, 0.717) is 37.7 Å². The molecule has 0 aliphatic carbocycles. The number of hydrogen-bond donors (Lipinski definition) is 0. The van der Waals surface area contributed by atoms with Gasteiger partial charge in [-0.05, 0) is 30.5 Å². The molecule has 2 aliphatic rings. The van der Waals surface area contributed by atoms with Gasteiger partial charge in [-0.15, -0.1) is 0 Å². The van der Waals surface area contributed by atoms with E-state index in [4.69, 9.17) is 16.3 Å². The molecule has 0 saturated carbocycles. The van der Waals surface area contributed by atoms with Crippen molar-refractivity contribution in [3.05, 3.63) is 34.9 Å². The van der Waals surface area contributed by atoms with Crippen LogP contribution in [0.4, 0.5) is 4.79 Å². The average molecular weight is 323 g/mol. The summed E-state index contributed by atoms with van der Waals surface area (Å²) in [5, 5.41) is 0.650. The topological polar surface area (TPSA) is 49.9 Å². The van der Waals surface area contributed by atoms with E-state index >= 15 is 0 Å². The van der Waals surface area contributed by atoms with Crippen molar-refractivity contribution < 1.29 is 14.3 Å². The first kappa shape index (κ1) is 15.2. The third-order valence-electron chi connectivity index (χ3n) is 4.29. The van der Waals surface area contributed by atoms with Crippen molar-refractivity contribution in [2.75, 3.05) is 26.2 Å². The maximum atomic E-state index is 12.3. The second-order valence-electron chi connectivity index (χ2n) is 5.73. The number of cyclic esters (lactones) is 1. The zero-order valence-electron chi connectivity index (χ0n) is 12.3.